The lowest BCUT2D eigenvalue weighted by Gasteiger charge is -2.32. The Hall–Kier alpha value is -3.05. The second kappa shape index (κ2) is 9.44. The van der Waals surface area contributed by atoms with E-state index in [0.29, 0.717) is 11.1 Å². The van der Waals surface area contributed by atoms with Crippen LogP contribution in [0.15, 0.2) is 60.8 Å². The predicted octanol–water partition coefficient (Wildman–Crippen LogP) is 5.89. The molecule has 0 aliphatic carbocycles. The average molecular weight is 464 g/mol. The second-order valence-electron chi connectivity index (χ2n) is 8.03. The van der Waals surface area contributed by atoms with E-state index < -0.39 is 11.6 Å². The molecule has 172 valence electrons. The van der Waals surface area contributed by atoms with E-state index in [4.69, 9.17) is 16.3 Å². The Labute approximate surface area is 201 Å². The molecule has 0 amide bonds. The Morgan fingerprint density at radius 2 is 1.24 bits per heavy atom. The minimum atomic E-state index is -1.15. The summed E-state index contributed by atoms with van der Waals surface area (Å²) < 4.78 is 6.19. The first-order chi connectivity index (χ1) is 16.0. The van der Waals surface area contributed by atoms with Gasteiger partial charge in [0.25, 0.3) is 0 Å². The summed E-state index contributed by atoms with van der Waals surface area (Å²) in [7, 11) is 0. The van der Waals surface area contributed by atoms with Gasteiger partial charge in [-0.25, -0.2) is 9.78 Å². The van der Waals surface area contributed by atoms with Crippen LogP contribution in [0.5, 0.6) is 0 Å². The first-order valence-corrected chi connectivity index (χ1v) is 12.0. The molecule has 2 heterocycles. The van der Waals surface area contributed by atoms with Gasteiger partial charge in [-0.05, 0) is 58.0 Å². The fourth-order valence-corrected chi connectivity index (χ4v) is 5.04. The molecule has 3 aromatic rings. The number of aromatic nitrogens is 1. The summed E-state index contributed by atoms with van der Waals surface area (Å²) in [6.07, 6.45) is 1.55. The van der Waals surface area contributed by atoms with E-state index in [-0.39, 0.29) is 5.15 Å². The monoisotopic (exact) mass is 463 g/mol. The Bertz CT molecular complexity index is 1070. The van der Waals surface area contributed by atoms with Crippen LogP contribution in [-0.4, -0.2) is 37.1 Å². The van der Waals surface area contributed by atoms with E-state index >= 15 is 0 Å². The number of ether oxygens (including phenoxy) is 1. The minimum Gasteiger partial charge on any atom is -0.440 e. The van der Waals surface area contributed by atoms with Crippen molar-refractivity contribution in [3.63, 3.8) is 0 Å². The number of esters is 1. The quantitative estimate of drug-likeness (QED) is 0.308. The predicted molar refractivity (Wildman–Crippen MR) is 135 cm³/mol. The minimum absolute atomic E-state index is 0.277. The van der Waals surface area contributed by atoms with Gasteiger partial charge in [-0.15, -0.1) is 0 Å². The number of benzene rings is 2. The first kappa shape index (κ1) is 23.1. The van der Waals surface area contributed by atoms with E-state index in [1.54, 1.807) is 12.3 Å². The normalized spacial score (nSPS) is 14.0. The van der Waals surface area contributed by atoms with Gasteiger partial charge in [0.1, 0.15) is 5.15 Å². The SMILES string of the molecule is CCN(CC)c1ccc(C2(c3ccc(N(CC)CC)cc3)OC(=O)c3ccnc(Cl)c32)cc1. The highest BCUT2D eigenvalue weighted by Crippen LogP contribution is 2.49. The standard InChI is InChI=1S/C27H30ClN3O2/c1-5-30(6-2)21-13-9-19(10-14-21)27(20-11-15-22(16-12-20)31(7-3)8-4)24-23(26(32)33-27)17-18-29-25(24)28/h9-18H,5-8H2,1-4H3. The Morgan fingerprint density at radius 1 is 0.788 bits per heavy atom. The maximum absolute atomic E-state index is 13.0. The van der Waals surface area contributed by atoms with Crippen molar-refractivity contribution in [3.05, 3.63) is 88.2 Å². The molecule has 0 fully saturated rings. The molecule has 0 atom stereocenters. The van der Waals surface area contributed by atoms with E-state index in [1.807, 2.05) is 24.3 Å². The van der Waals surface area contributed by atoms with E-state index in [2.05, 4.69) is 66.7 Å². The van der Waals surface area contributed by atoms with Crippen LogP contribution >= 0.6 is 11.6 Å². The van der Waals surface area contributed by atoms with Crippen molar-refractivity contribution < 1.29 is 9.53 Å². The molecule has 33 heavy (non-hydrogen) atoms. The zero-order chi connectivity index (χ0) is 23.6. The molecule has 1 aliphatic heterocycles. The maximum Gasteiger partial charge on any atom is 0.340 e. The molecule has 0 saturated heterocycles. The molecule has 0 unspecified atom stereocenters. The fraction of sp³-hybridized carbons (Fsp3) is 0.333. The lowest BCUT2D eigenvalue weighted by atomic mass is 9.80. The summed E-state index contributed by atoms with van der Waals surface area (Å²) >= 11 is 6.61. The summed E-state index contributed by atoms with van der Waals surface area (Å²) in [5, 5.41) is 0.277. The van der Waals surface area contributed by atoms with E-state index in [0.717, 1.165) is 48.7 Å². The summed E-state index contributed by atoms with van der Waals surface area (Å²) in [4.78, 5) is 21.8. The Kier molecular flexibility index (Phi) is 6.61. The van der Waals surface area contributed by atoms with E-state index in [9.17, 15) is 4.79 Å². The van der Waals surface area contributed by atoms with Crippen LogP contribution in [0.3, 0.4) is 0 Å². The van der Waals surface area contributed by atoms with Crippen molar-refractivity contribution in [2.75, 3.05) is 36.0 Å². The van der Waals surface area contributed by atoms with Gasteiger partial charge in [0.2, 0.25) is 0 Å². The van der Waals surface area contributed by atoms with Crippen molar-refractivity contribution in [1.82, 2.24) is 4.98 Å². The molecule has 0 N–H and O–H groups in total. The van der Waals surface area contributed by atoms with Crippen LogP contribution in [0, 0.1) is 0 Å². The van der Waals surface area contributed by atoms with Crippen molar-refractivity contribution in [3.8, 4) is 0 Å². The molecule has 0 radical (unpaired) electrons. The number of anilines is 2. The average Bonchev–Trinajstić information content (AvgIpc) is 3.16. The number of hydrogen-bond donors (Lipinski definition) is 0. The summed E-state index contributed by atoms with van der Waals surface area (Å²) in [6.45, 7) is 12.2. The van der Waals surface area contributed by atoms with Gasteiger partial charge in [0.15, 0.2) is 5.60 Å². The smallest absolute Gasteiger partial charge is 0.340 e. The molecule has 5 nitrogen and oxygen atoms in total. The molecular formula is C27H30ClN3O2. The molecule has 6 heteroatoms. The molecular weight excluding hydrogens is 434 g/mol. The number of halogens is 1. The highest BCUT2D eigenvalue weighted by atomic mass is 35.5. The number of carbonyl (C=O) groups excluding carboxylic acids is 1. The van der Waals surface area contributed by atoms with E-state index in [1.165, 1.54) is 0 Å². The highest BCUT2D eigenvalue weighted by molar-refractivity contribution is 6.31. The second-order valence-corrected chi connectivity index (χ2v) is 8.39. The number of hydrogen-bond acceptors (Lipinski definition) is 5. The van der Waals surface area contributed by atoms with Crippen LogP contribution < -0.4 is 9.80 Å². The van der Waals surface area contributed by atoms with Crippen LogP contribution in [0.4, 0.5) is 11.4 Å². The van der Waals surface area contributed by atoms with Gasteiger partial charge in [0, 0.05) is 54.9 Å². The first-order valence-electron chi connectivity index (χ1n) is 11.6. The lowest BCUT2D eigenvalue weighted by Crippen LogP contribution is -2.30. The van der Waals surface area contributed by atoms with Gasteiger partial charge in [-0.3, -0.25) is 0 Å². The summed E-state index contributed by atoms with van der Waals surface area (Å²) in [5.41, 5.74) is 3.84. The summed E-state index contributed by atoms with van der Waals surface area (Å²) in [5.74, 6) is -0.394. The number of nitrogens with zero attached hydrogens (tertiary/aromatic N) is 3. The molecule has 0 spiro atoms. The third-order valence-electron chi connectivity index (χ3n) is 6.53. The summed E-state index contributed by atoms with van der Waals surface area (Å²) in [6, 6.07) is 18.1. The maximum atomic E-state index is 13.0. The van der Waals surface area contributed by atoms with Crippen LogP contribution in [0.25, 0.3) is 0 Å². The van der Waals surface area contributed by atoms with Gasteiger partial charge in [0.05, 0.1) is 11.1 Å². The third-order valence-corrected chi connectivity index (χ3v) is 6.81. The Balaban J connectivity index is 1.90. The molecule has 1 aromatic heterocycles. The van der Waals surface area contributed by atoms with Crippen LogP contribution in [0.2, 0.25) is 5.15 Å². The number of rotatable bonds is 8. The molecule has 1 aliphatic rings. The number of fused-ring (bicyclic) bond motifs is 1. The lowest BCUT2D eigenvalue weighted by molar-refractivity contribution is 0.0251. The molecule has 4 rings (SSSR count). The van der Waals surface area contributed by atoms with Crippen molar-refractivity contribution in [2.45, 2.75) is 33.3 Å². The van der Waals surface area contributed by atoms with Crippen molar-refractivity contribution in [2.24, 2.45) is 0 Å². The van der Waals surface area contributed by atoms with Gasteiger partial charge in [-0.1, -0.05) is 35.9 Å². The number of cyclic esters (lactones) is 1. The topological polar surface area (TPSA) is 45.7 Å². The molecule has 2 aromatic carbocycles. The van der Waals surface area contributed by atoms with Gasteiger partial charge >= 0.3 is 5.97 Å². The Morgan fingerprint density at radius 3 is 1.67 bits per heavy atom. The van der Waals surface area contributed by atoms with Crippen molar-refractivity contribution in [1.29, 1.82) is 0 Å². The number of pyridine rings is 1. The largest absolute Gasteiger partial charge is 0.440 e. The fourth-order valence-electron chi connectivity index (χ4n) is 4.75. The molecule has 0 saturated carbocycles. The molecule has 0 bridgehead atoms. The zero-order valence-corrected chi connectivity index (χ0v) is 20.4. The van der Waals surface area contributed by atoms with Crippen LogP contribution in [0.1, 0.15) is 54.7 Å². The van der Waals surface area contributed by atoms with Gasteiger partial charge < -0.3 is 14.5 Å². The van der Waals surface area contributed by atoms with Crippen LogP contribution in [-0.2, 0) is 10.3 Å². The zero-order valence-electron chi connectivity index (χ0n) is 19.6. The van der Waals surface area contributed by atoms with Gasteiger partial charge in [-0.2, -0.15) is 0 Å². The highest BCUT2D eigenvalue weighted by Gasteiger charge is 2.50. The number of carbonyl (C=O) groups is 1. The van der Waals surface area contributed by atoms with Crippen molar-refractivity contribution >= 4 is 28.9 Å². The third kappa shape index (κ3) is 3.84.